The van der Waals surface area contributed by atoms with E-state index in [-0.39, 0.29) is 11.5 Å². The molecule has 0 aliphatic heterocycles. The number of carbonyl (C=O) groups excluding carboxylic acids is 1. The lowest BCUT2D eigenvalue weighted by atomic mass is 10.1. The molecule has 0 amide bonds. The van der Waals surface area contributed by atoms with Crippen molar-refractivity contribution in [2.24, 2.45) is 0 Å². The monoisotopic (exact) mass is 256 g/mol. The van der Waals surface area contributed by atoms with Crippen LogP contribution < -0.4 is 9.47 Å². The molecule has 0 saturated heterocycles. The first-order valence-corrected chi connectivity index (χ1v) is 5.13. The van der Waals surface area contributed by atoms with Gasteiger partial charge in [-0.15, -0.1) is 0 Å². The Morgan fingerprint density at radius 3 is 2.39 bits per heavy atom. The van der Waals surface area contributed by atoms with E-state index in [0.29, 0.717) is 0 Å². The highest BCUT2D eigenvalue weighted by molar-refractivity contribution is 5.76. The zero-order valence-corrected chi connectivity index (χ0v) is 10.2. The van der Waals surface area contributed by atoms with Crippen molar-refractivity contribution in [1.29, 1.82) is 0 Å². The van der Waals surface area contributed by atoms with Crippen molar-refractivity contribution in [2.45, 2.75) is 26.4 Å². The van der Waals surface area contributed by atoms with Gasteiger partial charge in [0.15, 0.2) is 17.2 Å². The molecule has 1 N–H and O–H groups in total. The Balaban J connectivity index is 2.91. The molecule has 0 fully saturated rings. The lowest BCUT2D eigenvalue weighted by molar-refractivity contribution is -0.152. The second-order valence-electron chi connectivity index (χ2n) is 4.10. The molecule has 0 aliphatic carbocycles. The number of hydrogen-bond donors (Lipinski definition) is 1. The summed E-state index contributed by atoms with van der Waals surface area (Å²) in [7, 11) is 0. The van der Waals surface area contributed by atoms with Gasteiger partial charge in [0.05, 0.1) is 0 Å². The topological polar surface area (TPSA) is 72.8 Å². The molecule has 0 aromatic heterocycles. The van der Waals surface area contributed by atoms with Gasteiger partial charge in [0.25, 0.3) is 0 Å². The summed E-state index contributed by atoms with van der Waals surface area (Å²) in [6.45, 7) is 3.83. The predicted molar refractivity (Wildman–Crippen MR) is 60.1 cm³/mol. The summed E-state index contributed by atoms with van der Waals surface area (Å²) in [4.78, 5) is 21.5. The van der Waals surface area contributed by atoms with Crippen molar-refractivity contribution in [3.05, 3.63) is 24.0 Å². The number of carboxylic acids is 1. The maximum absolute atomic E-state index is 13.5. The summed E-state index contributed by atoms with van der Waals surface area (Å²) < 4.78 is 23.2. The van der Waals surface area contributed by atoms with Crippen LogP contribution in [-0.2, 0) is 9.59 Å². The second kappa shape index (κ2) is 5.03. The minimum absolute atomic E-state index is 0.0378. The Labute approximate surface area is 103 Å². The molecule has 1 rings (SSSR count). The number of hydrogen-bond acceptors (Lipinski definition) is 4. The fraction of sp³-hybridized carbons (Fsp3) is 0.333. The van der Waals surface area contributed by atoms with E-state index in [1.807, 2.05) is 0 Å². The third-order valence-corrected chi connectivity index (χ3v) is 2.05. The van der Waals surface area contributed by atoms with E-state index in [1.165, 1.54) is 26.0 Å². The number of rotatable bonds is 4. The SMILES string of the molecule is CC(=O)Oc1ccc(OC(C)(C)C(=O)O)cc1F. The van der Waals surface area contributed by atoms with Gasteiger partial charge in [0, 0.05) is 13.0 Å². The van der Waals surface area contributed by atoms with Gasteiger partial charge in [-0.2, -0.15) is 0 Å². The largest absolute Gasteiger partial charge is 0.478 e. The Morgan fingerprint density at radius 1 is 1.33 bits per heavy atom. The summed E-state index contributed by atoms with van der Waals surface area (Å²) >= 11 is 0. The minimum atomic E-state index is -1.48. The number of carboxylic acid groups (broad SMARTS) is 1. The summed E-state index contributed by atoms with van der Waals surface area (Å²) in [5.41, 5.74) is -1.48. The number of carbonyl (C=O) groups is 2. The molecule has 0 bridgehead atoms. The zero-order valence-electron chi connectivity index (χ0n) is 10.2. The second-order valence-corrected chi connectivity index (χ2v) is 4.10. The molecule has 98 valence electrons. The highest BCUT2D eigenvalue weighted by Crippen LogP contribution is 2.25. The molecule has 5 nitrogen and oxygen atoms in total. The standard InChI is InChI=1S/C12H13FO5/c1-7(14)17-10-5-4-8(6-9(10)13)18-12(2,3)11(15)16/h4-6H,1-3H3,(H,15,16). The maximum atomic E-state index is 13.5. The van der Waals surface area contributed by atoms with Gasteiger partial charge < -0.3 is 14.6 Å². The highest BCUT2D eigenvalue weighted by Gasteiger charge is 2.29. The fourth-order valence-corrected chi connectivity index (χ4v) is 1.12. The molecule has 1 aromatic rings. The van der Waals surface area contributed by atoms with Crippen molar-refractivity contribution in [2.75, 3.05) is 0 Å². The van der Waals surface area contributed by atoms with Crippen LogP contribution in [0.3, 0.4) is 0 Å². The molecule has 0 spiro atoms. The van der Waals surface area contributed by atoms with E-state index >= 15 is 0 Å². The van der Waals surface area contributed by atoms with Crippen molar-refractivity contribution in [3.63, 3.8) is 0 Å². The van der Waals surface area contributed by atoms with Crippen LogP contribution in [0.1, 0.15) is 20.8 Å². The van der Waals surface area contributed by atoms with Gasteiger partial charge in [-0.25, -0.2) is 9.18 Å². The van der Waals surface area contributed by atoms with Crippen LogP contribution in [0.2, 0.25) is 0 Å². The van der Waals surface area contributed by atoms with E-state index in [1.54, 1.807) is 0 Å². The normalized spacial score (nSPS) is 10.9. The lowest BCUT2D eigenvalue weighted by Crippen LogP contribution is -2.37. The first kappa shape index (κ1) is 14.0. The van der Waals surface area contributed by atoms with Crippen LogP contribution in [0, 0.1) is 5.82 Å². The Bertz CT molecular complexity index is 481. The van der Waals surface area contributed by atoms with Crippen LogP contribution >= 0.6 is 0 Å². The number of ether oxygens (including phenoxy) is 2. The van der Waals surface area contributed by atoms with Crippen molar-refractivity contribution in [3.8, 4) is 11.5 Å². The van der Waals surface area contributed by atoms with E-state index in [2.05, 4.69) is 4.74 Å². The number of benzene rings is 1. The maximum Gasteiger partial charge on any atom is 0.347 e. The van der Waals surface area contributed by atoms with Crippen molar-refractivity contribution >= 4 is 11.9 Å². The lowest BCUT2D eigenvalue weighted by Gasteiger charge is -2.21. The third-order valence-electron chi connectivity index (χ3n) is 2.05. The first-order chi connectivity index (χ1) is 8.22. The molecule has 0 saturated carbocycles. The fourth-order valence-electron chi connectivity index (χ4n) is 1.12. The van der Waals surface area contributed by atoms with Crippen LogP contribution in [0.15, 0.2) is 18.2 Å². The number of halogens is 1. The molecular weight excluding hydrogens is 243 g/mol. The quantitative estimate of drug-likeness (QED) is 0.658. The summed E-state index contributed by atoms with van der Waals surface area (Å²) in [6.07, 6.45) is 0. The van der Waals surface area contributed by atoms with Gasteiger partial charge >= 0.3 is 11.9 Å². The summed E-state index contributed by atoms with van der Waals surface area (Å²) in [6, 6.07) is 3.49. The third kappa shape index (κ3) is 3.44. The van der Waals surface area contributed by atoms with Crippen molar-refractivity contribution < 1.29 is 28.6 Å². The van der Waals surface area contributed by atoms with Crippen LogP contribution in [0.4, 0.5) is 4.39 Å². The van der Waals surface area contributed by atoms with Gasteiger partial charge in [-0.3, -0.25) is 4.79 Å². The van der Waals surface area contributed by atoms with Crippen LogP contribution in [0.5, 0.6) is 11.5 Å². The van der Waals surface area contributed by atoms with Crippen molar-refractivity contribution in [1.82, 2.24) is 0 Å². The van der Waals surface area contributed by atoms with Gasteiger partial charge in [-0.05, 0) is 26.0 Å². The average Bonchev–Trinajstić information content (AvgIpc) is 2.21. The Hall–Kier alpha value is -2.11. The van der Waals surface area contributed by atoms with Gasteiger partial charge in [0.1, 0.15) is 5.75 Å². The molecule has 18 heavy (non-hydrogen) atoms. The molecule has 0 radical (unpaired) electrons. The van der Waals surface area contributed by atoms with E-state index < -0.39 is 23.4 Å². The number of aliphatic carboxylic acids is 1. The summed E-state index contributed by atoms with van der Waals surface area (Å²) in [5, 5.41) is 8.86. The number of esters is 1. The summed E-state index contributed by atoms with van der Waals surface area (Å²) in [5.74, 6) is -2.82. The highest BCUT2D eigenvalue weighted by atomic mass is 19.1. The van der Waals surface area contributed by atoms with E-state index in [9.17, 15) is 14.0 Å². The minimum Gasteiger partial charge on any atom is -0.478 e. The molecule has 6 heteroatoms. The molecule has 1 aromatic carbocycles. The van der Waals surface area contributed by atoms with Crippen LogP contribution in [0.25, 0.3) is 0 Å². The Kier molecular flexibility index (Phi) is 3.90. The molecule has 0 atom stereocenters. The van der Waals surface area contributed by atoms with Gasteiger partial charge in [0.2, 0.25) is 0 Å². The van der Waals surface area contributed by atoms with E-state index in [0.717, 1.165) is 13.0 Å². The first-order valence-electron chi connectivity index (χ1n) is 5.13. The Morgan fingerprint density at radius 2 is 1.94 bits per heavy atom. The van der Waals surface area contributed by atoms with Crippen LogP contribution in [-0.4, -0.2) is 22.6 Å². The van der Waals surface area contributed by atoms with Gasteiger partial charge in [-0.1, -0.05) is 0 Å². The molecule has 0 aliphatic rings. The smallest absolute Gasteiger partial charge is 0.347 e. The predicted octanol–water partition coefficient (Wildman–Crippen LogP) is 1.99. The molecule has 0 unspecified atom stereocenters. The average molecular weight is 256 g/mol. The zero-order chi connectivity index (χ0) is 13.9. The molecular formula is C12H13FO5. The van der Waals surface area contributed by atoms with E-state index in [4.69, 9.17) is 9.84 Å². The molecule has 0 heterocycles.